The summed E-state index contributed by atoms with van der Waals surface area (Å²) in [5.41, 5.74) is 6.01. The van der Waals surface area contributed by atoms with Gasteiger partial charge in [0.1, 0.15) is 0 Å². The molecular formula is C23H20N6OS. The van der Waals surface area contributed by atoms with Crippen LogP contribution in [-0.4, -0.2) is 37.1 Å². The fourth-order valence-electron chi connectivity index (χ4n) is 2.90. The zero-order valence-electron chi connectivity index (χ0n) is 16.8. The zero-order chi connectivity index (χ0) is 21.5. The summed E-state index contributed by atoms with van der Waals surface area (Å²) in [6.07, 6.45) is 3.39. The number of carbonyl (C=O) groups is 1. The number of hydrogen-bond acceptors (Lipinski definition) is 6. The van der Waals surface area contributed by atoms with Gasteiger partial charge in [0, 0.05) is 29.2 Å². The minimum Gasteiger partial charge on any atom is -0.272 e. The quantitative estimate of drug-likeness (QED) is 0.274. The first kappa shape index (κ1) is 20.5. The largest absolute Gasteiger partial charge is 0.272 e. The molecule has 154 valence electrons. The number of amides is 1. The monoisotopic (exact) mass is 428 g/mol. The number of nitrogens with one attached hydrogen (secondary N) is 1. The van der Waals surface area contributed by atoms with Crippen LogP contribution in [0, 0.1) is 0 Å². The van der Waals surface area contributed by atoms with Crippen molar-refractivity contribution in [1.29, 1.82) is 0 Å². The van der Waals surface area contributed by atoms with Crippen molar-refractivity contribution >= 4 is 23.4 Å². The number of hydrogen-bond donors (Lipinski definition) is 1. The van der Waals surface area contributed by atoms with Crippen LogP contribution in [0.5, 0.6) is 0 Å². The van der Waals surface area contributed by atoms with Crippen molar-refractivity contribution in [1.82, 2.24) is 25.2 Å². The van der Waals surface area contributed by atoms with Crippen LogP contribution >= 0.6 is 11.8 Å². The van der Waals surface area contributed by atoms with Crippen molar-refractivity contribution < 1.29 is 4.79 Å². The molecule has 0 unspecified atom stereocenters. The Morgan fingerprint density at radius 3 is 2.45 bits per heavy atom. The molecule has 4 aromatic rings. The molecule has 2 aromatic carbocycles. The molecule has 7 nitrogen and oxygen atoms in total. The van der Waals surface area contributed by atoms with Gasteiger partial charge < -0.3 is 0 Å². The van der Waals surface area contributed by atoms with E-state index in [9.17, 15) is 4.79 Å². The first-order valence-electron chi connectivity index (χ1n) is 9.65. The molecule has 0 fully saturated rings. The number of thioether (sulfide) groups is 1. The molecule has 0 aliphatic carbocycles. The van der Waals surface area contributed by atoms with E-state index < -0.39 is 0 Å². The van der Waals surface area contributed by atoms with Gasteiger partial charge in [0.25, 0.3) is 5.91 Å². The lowest BCUT2D eigenvalue weighted by molar-refractivity contribution is -0.118. The molecule has 2 heterocycles. The van der Waals surface area contributed by atoms with E-state index in [-0.39, 0.29) is 11.7 Å². The van der Waals surface area contributed by atoms with Crippen LogP contribution in [0.25, 0.3) is 17.1 Å². The summed E-state index contributed by atoms with van der Waals surface area (Å²) in [4.78, 5) is 16.4. The Hall–Kier alpha value is -3.78. The second-order valence-corrected chi connectivity index (χ2v) is 7.55. The third-order valence-corrected chi connectivity index (χ3v) is 5.37. The maximum atomic E-state index is 12.4. The number of para-hydroxylation sites is 1. The number of pyridine rings is 1. The highest BCUT2D eigenvalue weighted by Gasteiger charge is 2.17. The van der Waals surface area contributed by atoms with Crippen LogP contribution < -0.4 is 5.43 Å². The van der Waals surface area contributed by atoms with Gasteiger partial charge in [0.2, 0.25) is 0 Å². The molecule has 0 radical (unpaired) electrons. The summed E-state index contributed by atoms with van der Waals surface area (Å²) < 4.78 is 1.96. The van der Waals surface area contributed by atoms with E-state index in [1.165, 1.54) is 11.8 Å². The Kier molecular flexibility index (Phi) is 6.49. The standard InChI is InChI=1S/C23H20N6OS/c1-17(19-11-8-14-24-15-19)25-26-21(30)16-31-23-28-27-22(18-9-4-2-5-10-18)29(23)20-12-6-3-7-13-20/h2-15H,16H2,1H3,(H,26,30)/b25-17-. The number of carbonyl (C=O) groups excluding carboxylic acids is 1. The molecule has 8 heteroatoms. The van der Waals surface area contributed by atoms with Gasteiger partial charge in [-0.2, -0.15) is 5.10 Å². The normalized spacial score (nSPS) is 11.3. The summed E-state index contributed by atoms with van der Waals surface area (Å²) in [6, 6.07) is 23.4. The summed E-state index contributed by atoms with van der Waals surface area (Å²) in [5, 5.41) is 13.5. The fourth-order valence-corrected chi connectivity index (χ4v) is 3.64. The third kappa shape index (κ3) is 5.04. The molecule has 0 saturated heterocycles. The molecule has 1 amide bonds. The number of rotatable bonds is 7. The first-order chi connectivity index (χ1) is 15.2. The summed E-state index contributed by atoms with van der Waals surface area (Å²) in [7, 11) is 0. The predicted octanol–water partition coefficient (Wildman–Crippen LogP) is 3.96. The maximum absolute atomic E-state index is 12.4. The van der Waals surface area contributed by atoms with Gasteiger partial charge in [0.15, 0.2) is 11.0 Å². The highest BCUT2D eigenvalue weighted by molar-refractivity contribution is 7.99. The molecule has 31 heavy (non-hydrogen) atoms. The van der Waals surface area contributed by atoms with Crippen LogP contribution in [0.3, 0.4) is 0 Å². The van der Waals surface area contributed by atoms with Crippen LogP contribution in [0.1, 0.15) is 12.5 Å². The minimum atomic E-state index is -0.225. The number of benzene rings is 2. The third-order valence-electron chi connectivity index (χ3n) is 4.44. The van der Waals surface area contributed by atoms with Gasteiger partial charge in [0.05, 0.1) is 11.5 Å². The average Bonchev–Trinajstić information content (AvgIpc) is 3.27. The van der Waals surface area contributed by atoms with E-state index >= 15 is 0 Å². The summed E-state index contributed by atoms with van der Waals surface area (Å²) in [5.74, 6) is 0.654. The Bertz CT molecular complexity index is 1180. The molecule has 0 aliphatic heterocycles. The van der Waals surface area contributed by atoms with Gasteiger partial charge in [-0.15, -0.1) is 10.2 Å². The van der Waals surface area contributed by atoms with Gasteiger partial charge in [-0.25, -0.2) is 5.43 Å². The van der Waals surface area contributed by atoms with Crippen molar-refractivity contribution in [3.8, 4) is 17.1 Å². The smallest absolute Gasteiger partial charge is 0.250 e. The molecule has 2 aromatic heterocycles. The van der Waals surface area contributed by atoms with E-state index in [0.717, 1.165) is 22.6 Å². The van der Waals surface area contributed by atoms with E-state index in [4.69, 9.17) is 0 Å². The first-order valence-corrected chi connectivity index (χ1v) is 10.6. The predicted molar refractivity (Wildman–Crippen MR) is 122 cm³/mol. The molecule has 0 atom stereocenters. The molecular weight excluding hydrogens is 408 g/mol. The number of hydrazone groups is 1. The van der Waals surface area contributed by atoms with Crippen molar-refractivity contribution in [2.24, 2.45) is 5.10 Å². The minimum absolute atomic E-state index is 0.156. The van der Waals surface area contributed by atoms with Gasteiger partial charge in [-0.05, 0) is 25.1 Å². The lowest BCUT2D eigenvalue weighted by atomic mass is 10.2. The Morgan fingerprint density at radius 2 is 1.74 bits per heavy atom. The molecule has 0 saturated carbocycles. The number of nitrogens with zero attached hydrogens (tertiary/aromatic N) is 5. The lowest BCUT2D eigenvalue weighted by Gasteiger charge is -2.10. The molecule has 0 bridgehead atoms. The Morgan fingerprint density at radius 1 is 1.00 bits per heavy atom. The van der Waals surface area contributed by atoms with Crippen LogP contribution in [0.2, 0.25) is 0 Å². The fraction of sp³-hybridized carbons (Fsp3) is 0.0870. The van der Waals surface area contributed by atoms with Gasteiger partial charge in [-0.3, -0.25) is 14.3 Å². The molecule has 0 aliphatic rings. The second kappa shape index (κ2) is 9.82. The molecule has 0 spiro atoms. The van der Waals surface area contributed by atoms with E-state index in [2.05, 4.69) is 25.7 Å². The van der Waals surface area contributed by atoms with Crippen molar-refractivity contribution in [2.45, 2.75) is 12.1 Å². The Labute approximate surface area is 184 Å². The maximum Gasteiger partial charge on any atom is 0.250 e. The summed E-state index contributed by atoms with van der Waals surface area (Å²) >= 11 is 1.31. The SMILES string of the molecule is C/C(=N/NC(=O)CSc1nnc(-c2ccccc2)n1-c1ccccc1)c1cccnc1. The van der Waals surface area contributed by atoms with Crippen molar-refractivity contribution in [2.75, 3.05) is 5.75 Å². The average molecular weight is 429 g/mol. The van der Waals surface area contributed by atoms with Gasteiger partial charge in [-0.1, -0.05) is 66.4 Å². The summed E-state index contributed by atoms with van der Waals surface area (Å²) in [6.45, 7) is 1.82. The second-order valence-electron chi connectivity index (χ2n) is 6.61. The molecule has 1 N–H and O–H groups in total. The lowest BCUT2D eigenvalue weighted by Crippen LogP contribution is -2.21. The molecule has 4 rings (SSSR count). The van der Waals surface area contributed by atoms with Crippen LogP contribution in [0.15, 0.2) is 95.4 Å². The van der Waals surface area contributed by atoms with Crippen LogP contribution in [-0.2, 0) is 4.79 Å². The van der Waals surface area contributed by atoms with E-state index in [0.29, 0.717) is 10.9 Å². The van der Waals surface area contributed by atoms with Crippen molar-refractivity contribution in [3.05, 3.63) is 90.8 Å². The van der Waals surface area contributed by atoms with E-state index in [1.54, 1.807) is 12.4 Å². The topological polar surface area (TPSA) is 85.1 Å². The van der Waals surface area contributed by atoms with Crippen LogP contribution in [0.4, 0.5) is 0 Å². The zero-order valence-corrected chi connectivity index (χ0v) is 17.7. The Balaban J connectivity index is 1.51. The number of aromatic nitrogens is 4. The highest BCUT2D eigenvalue weighted by atomic mass is 32.2. The van der Waals surface area contributed by atoms with Gasteiger partial charge >= 0.3 is 0 Å². The van der Waals surface area contributed by atoms with Crippen molar-refractivity contribution in [3.63, 3.8) is 0 Å². The van der Waals surface area contributed by atoms with E-state index in [1.807, 2.05) is 84.3 Å². The highest BCUT2D eigenvalue weighted by Crippen LogP contribution is 2.27.